The summed E-state index contributed by atoms with van der Waals surface area (Å²) in [6.07, 6.45) is -2.42. The lowest BCUT2D eigenvalue weighted by molar-refractivity contribution is -0.163. The number of imide groups is 1. The number of carboxylic acid groups (broad SMARTS) is 1. The van der Waals surface area contributed by atoms with E-state index >= 15 is 0 Å². The van der Waals surface area contributed by atoms with Gasteiger partial charge in [0, 0.05) is 0 Å². The highest BCUT2D eigenvalue weighted by Crippen LogP contribution is 2.12. The van der Waals surface area contributed by atoms with Crippen LogP contribution in [0, 0.1) is 5.92 Å². The molecule has 0 aliphatic heterocycles. The van der Waals surface area contributed by atoms with Crippen LogP contribution in [0.1, 0.15) is 48.5 Å². The number of aliphatic hydroxyl groups is 1. The van der Waals surface area contributed by atoms with E-state index in [0.29, 0.717) is 4.90 Å². The van der Waals surface area contributed by atoms with E-state index in [-0.39, 0.29) is 0 Å². The zero-order valence-electron chi connectivity index (χ0n) is 15.7. The van der Waals surface area contributed by atoms with E-state index in [0.717, 1.165) is 6.92 Å². The smallest absolute Gasteiger partial charge is 0.408 e. The van der Waals surface area contributed by atoms with Gasteiger partial charge in [-0.15, -0.1) is 0 Å². The molecule has 0 bridgehead atoms. The van der Waals surface area contributed by atoms with Gasteiger partial charge < -0.3 is 20.3 Å². The third kappa shape index (κ3) is 7.08. The lowest BCUT2D eigenvalue weighted by Crippen LogP contribution is -2.57. The van der Waals surface area contributed by atoms with Gasteiger partial charge in [0.05, 0.1) is 0 Å². The number of carboxylic acids is 1. The van der Waals surface area contributed by atoms with Crippen molar-refractivity contribution in [2.75, 3.05) is 0 Å². The maximum atomic E-state index is 12.5. The molecule has 0 heterocycles. The van der Waals surface area contributed by atoms with Crippen molar-refractivity contribution in [2.24, 2.45) is 5.92 Å². The summed E-state index contributed by atoms with van der Waals surface area (Å²) >= 11 is 0. The Morgan fingerprint density at radius 3 is 1.84 bits per heavy atom. The van der Waals surface area contributed by atoms with Crippen molar-refractivity contribution in [3.8, 4) is 0 Å². The number of nitrogens with zero attached hydrogens (tertiary/aromatic N) is 1. The van der Waals surface area contributed by atoms with E-state index in [1.54, 1.807) is 34.6 Å². The number of aliphatic carboxylic acids is 1. The van der Waals surface area contributed by atoms with Gasteiger partial charge in [0.15, 0.2) is 0 Å². The van der Waals surface area contributed by atoms with Gasteiger partial charge in [-0.05, 0) is 40.5 Å². The van der Waals surface area contributed by atoms with Crippen molar-refractivity contribution in [1.82, 2.24) is 10.2 Å². The van der Waals surface area contributed by atoms with Gasteiger partial charge in [-0.3, -0.25) is 14.5 Å². The van der Waals surface area contributed by atoms with Crippen LogP contribution in [-0.2, 0) is 19.1 Å². The van der Waals surface area contributed by atoms with Gasteiger partial charge in [0.2, 0.25) is 0 Å². The van der Waals surface area contributed by atoms with E-state index < -0.39 is 53.6 Å². The average Bonchev–Trinajstić information content (AvgIpc) is 2.43. The summed E-state index contributed by atoms with van der Waals surface area (Å²) in [6, 6.07) is -2.73. The molecule has 0 aliphatic carbocycles. The Kier molecular flexibility index (Phi) is 8.04. The van der Waals surface area contributed by atoms with Crippen molar-refractivity contribution < 1.29 is 34.1 Å². The molecule has 0 saturated carbocycles. The zero-order chi connectivity index (χ0) is 20.1. The number of alkyl carbamates (subject to hydrolysis) is 1. The van der Waals surface area contributed by atoms with Crippen molar-refractivity contribution in [1.29, 1.82) is 0 Å². The molecule has 0 fully saturated rings. The number of rotatable bonds is 6. The molecule has 144 valence electrons. The summed E-state index contributed by atoms with van der Waals surface area (Å²) in [6.45, 7) is 10.5. The van der Waals surface area contributed by atoms with Crippen LogP contribution in [0.5, 0.6) is 0 Å². The Balaban J connectivity index is 5.38. The molecular formula is C16H28N2O7. The fraction of sp³-hybridized carbons (Fsp3) is 0.750. The van der Waals surface area contributed by atoms with Crippen molar-refractivity contribution in [3.05, 3.63) is 0 Å². The third-order valence-corrected chi connectivity index (χ3v) is 3.21. The van der Waals surface area contributed by atoms with Crippen LogP contribution < -0.4 is 5.32 Å². The first-order chi connectivity index (χ1) is 11.2. The summed E-state index contributed by atoms with van der Waals surface area (Å²) in [5.74, 6) is -3.92. The predicted molar refractivity (Wildman–Crippen MR) is 88.6 cm³/mol. The Morgan fingerprint density at radius 2 is 1.48 bits per heavy atom. The topological polar surface area (TPSA) is 133 Å². The number of aliphatic hydroxyl groups excluding tert-OH is 1. The normalized spacial score (nSPS) is 15.1. The van der Waals surface area contributed by atoms with E-state index in [4.69, 9.17) is 9.84 Å². The first-order valence-electron chi connectivity index (χ1n) is 7.96. The number of nitrogens with one attached hydrogen (secondary N) is 1. The van der Waals surface area contributed by atoms with Crippen molar-refractivity contribution >= 4 is 23.9 Å². The lowest BCUT2D eigenvalue weighted by Gasteiger charge is -2.30. The van der Waals surface area contributed by atoms with Crippen LogP contribution >= 0.6 is 0 Å². The highest BCUT2D eigenvalue weighted by Gasteiger charge is 2.38. The lowest BCUT2D eigenvalue weighted by atomic mass is 10.0. The molecule has 9 heteroatoms. The molecule has 1 unspecified atom stereocenters. The monoisotopic (exact) mass is 360 g/mol. The molecule has 3 N–H and O–H groups in total. The quantitative estimate of drug-likeness (QED) is 0.636. The SMILES string of the molecule is CC(C)C(O)C(=O)N(C(=O)[C@H](C)NC(=O)OC(C)(C)C)[C@@H](C)C(=O)O. The molecule has 3 amide bonds. The van der Waals surface area contributed by atoms with E-state index in [1.807, 2.05) is 0 Å². The van der Waals surface area contributed by atoms with Gasteiger partial charge in [0.25, 0.3) is 11.8 Å². The molecule has 0 radical (unpaired) electrons. The Labute approximate surface area is 147 Å². The second-order valence-corrected chi connectivity index (χ2v) is 7.12. The van der Waals surface area contributed by atoms with Crippen LogP contribution in [0.3, 0.4) is 0 Å². The third-order valence-electron chi connectivity index (χ3n) is 3.21. The van der Waals surface area contributed by atoms with Crippen LogP contribution in [0.2, 0.25) is 0 Å². The number of hydrogen-bond acceptors (Lipinski definition) is 6. The Hall–Kier alpha value is -2.16. The zero-order valence-corrected chi connectivity index (χ0v) is 15.7. The molecule has 0 aromatic heterocycles. The summed E-state index contributed by atoms with van der Waals surface area (Å²) in [5, 5.41) is 21.3. The fourth-order valence-corrected chi connectivity index (χ4v) is 1.78. The van der Waals surface area contributed by atoms with Gasteiger partial charge in [-0.1, -0.05) is 13.8 Å². The highest BCUT2D eigenvalue weighted by atomic mass is 16.6. The average molecular weight is 360 g/mol. The molecule has 0 aromatic carbocycles. The second-order valence-electron chi connectivity index (χ2n) is 7.12. The minimum Gasteiger partial charge on any atom is -0.480 e. The standard InChI is InChI=1S/C16H28N2O7/c1-8(2)11(19)13(21)18(10(4)14(22)23)12(20)9(3)17-15(24)25-16(5,6)7/h8-11,19H,1-7H3,(H,17,24)(H,22,23)/t9-,10-,11?/m0/s1. The first kappa shape index (κ1) is 22.8. The van der Waals surface area contributed by atoms with Crippen molar-refractivity contribution in [3.63, 3.8) is 0 Å². The molecule has 9 nitrogen and oxygen atoms in total. The van der Waals surface area contributed by atoms with Gasteiger partial charge >= 0.3 is 12.1 Å². The van der Waals surface area contributed by atoms with Crippen LogP contribution in [0.4, 0.5) is 4.79 Å². The fourth-order valence-electron chi connectivity index (χ4n) is 1.78. The molecule has 0 aliphatic rings. The molecule has 3 atom stereocenters. The second kappa shape index (κ2) is 8.80. The van der Waals surface area contributed by atoms with E-state index in [1.165, 1.54) is 6.92 Å². The summed E-state index contributed by atoms with van der Waals surface area (Å²) in [4.78, 5) is 48.3. The Morgan fingerprint density at radius 1 is 1.00 bits per heavy atom. The summed E-state index contributed by atoms with van der Waals surface area (Å²) < 4.78 is 5.02. The summed E-state index contributed by atoms with van der Waals surface area (Å²) in [7, 11) is 0. The molecule has 25 heavy (non-hydrogen) atoms. The van der Waals surface area contributed by atoms with E-state index in [2.05, 4.69) is 5.32 Å². The van der Waals surface area contributed by atoms with Gasteiger partial charge in [0.1, 0.15) is 23.8 Å². The van der Waals surface area contributed by atoms with Crippen molar-refractivity contribution in [2.45, 2.75) is 72.3 Å². The number of ether oxygens (including phenoxy) is 1. The van der Waals surface area contributed by atoms with Crippen LogP contribution in [0.25, 0.3) is 0 Å². The molecule has 0 aromatic rings. The molecule has 0 spiro atoms. The predicted octanol–water partition coefficient (Wildman–Crippen LogP) is 0.745. The largest absolute Gasteiger partial charge is 0.480 e. The number of amides is 3. The molecular weight excluding hydrogens is 332 g/mol. The molecule has 0 rings (SSSR count). The Bertz CT molecular complexity index is 525. The van der Waals surface area contributed by atoms with Crippen LogP contribution in [0.15, 0.2) is 0 Å². The number of carbonyl (C=O) groups is 4. The minimum atomic E-state index is -1.54. The highest BCUT2D eigenvalue weighted by molar-refractivity contribution is 6.03. The van der Waals surface area contributed by atoms with Crippen LogP contribution in [-0.4, -0.2) is 62.8 Å². The van der Waals surface area contributed by atoms with E-state index in [9.17, 15) is 24.3 Å². The number of carbonyl (C=O) groups excluding carboxylic acids is 3. The maximum Gasteiger partial charge on any atom is 0.408 e. The number of hydrogen-bond donors (Lipinski definition) is 3. The maximum absolute atomic E-state index is 12.5. The molecule has 0 saturated heterocycles. The van der Waals surface area contributed by atoms with Gasteiger partial charge in [-0.2, -0.15) is 0 Å². The van der Waals surface area contributed by atoms with Gasteiger partial charge in [-0.25, -0.2) is 9.59 Å². The minimum absolute atomic E-state index is 0.453. The summed E-state index contributed by atoms with van der Waals surface area (Å²) in [5.41, 5.74) is -0.787. The first-order valence-corrected chi connectivity index (χ1v) is 7.96.